The Morgan fingerprint density at radius 2 is 1.89 bits per heavy atom. The fraction of sp³-hybridized carbons (Fsp3) is 0.607. The van der Waals surface area contributed by atoms with Gasteiger partial charge in [0.2, 0.25) is 0 Å². The molecule has 4 heterocycles. The molecule has 1 saturated carbocycles. The number of aromatic nitrogens is 2. The highest BCUT2D eigenvalue weighted by molar-refractivity contribution is 6.33. The van der Waals surface area contributed by atoms with Gasteiger partial charge in [-0.05, 0) is 63.6 Å². The first-order valence-corrected chi connectivity index (χ1v) is 14.0. The van der Waals surface area contributed by atoms with Gasteiger partial charge in [-0.15, -0.1) is 0 Å². The van der Waals surface area contributed by atoms with Gasteiger partial charge in [0.1, 0.15) is 5.82 Å². The molecular formula is C28H37ClN6O3. The third kappa shape index (κ3) is 6.93. The van der Waals surface area contributed by atoms with E-state index in [9.17, 15) is 5.26 Å². The van der Waals surface area contributed by atoms with Crippen molar-refractivity contribution in [3.63, 3.8) is 0 Å². The lowest BCUT2D eigenvalue weighted by atomic mass is 9.91. The highest BCUT2D eigenvalue weighted by Crippen LogP contribution is 2.34. The number of rotatable bonds is 9. The number of halogens is 1. The number of hydrogen-bond donors (Lipinski definition) is 3. The Bertz CT molecular complexity index is 1110. The molecule has 9 nitrogen and oxygen atoms in total. The van der Waals surface area contributed by atoms with Gasteiger partial charge in [0.15, 0.2) is 5.79 Å². The van der Waals surface area contributed by atoms with Crippen LogP contribution in [0.3, 0.4) is 0 Å². The zero-order valence-corrected chi connectivity index (χ0v) is 22.7. The van der Waals surface area contributed by atoms with Crippen molar-refractivity contribution in [3.8, 4) is 17.3 Å². The summed E-state index contributed by atoms with van der Waals surface area (Å²) in [5, 5.41) is 20.5. The lowest BCUT2D eigenvalue weighted by molar-refractivity contribution is -0.139. The molecule has 0 spiro atoms. The van der Waals surface area contributed by atoms with E-state index in [1.165, 1.54) is 0 Å². The van der Waals surface area contributed by atoms with Crippen molar-refractivity contribution >= 4 is 23.1 Å². The van der Waals surface area contributed by atoms with Crippen LogP contribution >= 0.6 is 11.6 Å². The van der Waals surface area contributed by atoms with E-state index in [4.69, 9.17) is 25.8 Å². The maximum Gasteiger partial charge on any atom is 0.178 e. The maximum atomic E-state index is 9.27. The van der Waals surface area contributed by atoms with E-state index in [0.29, 0.717) is 50.0 Å². The van der Waals surface area contributed by atoms with Crippen LogP contribution in [0.5, 0.6) is 0 Å². The topological polar surface area (TPSA) is 113 Å². The van der Waals surface area contributed by atoms with Crippen molar-refractivity contribution in [1.82, 2.24) is 15.3 Å². The molecule has 2 aromatic heterocycles. The highest BCUT2D eigenvalue weighted by Gasteiger charge is 2.32. The normalized spacial score (nSPS) is 27.0. The number of nitrogens with zero attached hydrogens (tertiary/aromatic N) is 3. The first kappa shape index (κ1) is 27.1. The molecule has 204 valence electrons. The average Bonchev–Trinajstić information content (AvgIpc) is 3.39. The van der Waals surface area contributed by atoms with E-state index in [1.54, 1.807) is 12.4 Å². The molecule has 0 bridgehead atoms. The van der Waals surface area contributed by atoms with Crippen LogP contribution in [0.1, 0.15) is 45.4 Å². The Hall–Kier alpha value is -2.48. The molecule has 3 N–H and O–H groups in total. The summed E-state index contributed by atoms with van der Waals surface area (Å²) in [6, 6.07) is 9.06. The number of nitriles is 1. The lowest BCUT2D eigenvalue weighted by Crippen LogP contribution is -2.45. The van der Waals surface area contributed by atoms with Crippen LogP contribution in [0.15, 0.2) is 30.6 Å². The van der Waals surface area contributed by atoms with Gasteiger partial charge >= 0.3 is 0 Å². The van der Waals surface area contributed by atoms with Gasteiger partial charge in [0, 0.05) is 49.7 Å². The minimum absolute atomic E-state index is 0.00251. The largest absolute Gasteiger partial charge is 0.381 e. The summed E-state index contributed by atoms with van der Waals surface area (Å²) in [6.45, 7) is 5.27. The van der Waals surface area contributed by atoms with E-state index in [2.05, 4.69) is 32.0 Å². The number of anilines is 2. The van der Waals surface area contributed by atoms with Crippen molar-refractivity contribution in [1.29, 1.82) is 5.26 Å². The van der Waals surface area contributed by atoms with Crippen molar-refractivity contribution in [2.45, 2.75) is 69.4 Å². The van der Waals surface area contributed by atoms with Crippen LogP contribution in [0, 0.1) is 17.2 Å². The molecule has 0 aromatic carbocycles. The fourth-order valence-corrected chi connectivity index (χ4v) is 5.66. The van der Waals surface area contributed by atoms with Crippen LogP contribution < -0.4 is 16.0 Å². The molecule has 10 heteroatoms. The van der Waals surface area contributed by atoms with E-state index in [0.717, 1.165) is 61.3 Å². The van der Waals surface area contributed by atoms with Crippen molar-refractivity contribution < 1.29 is 14.2 Å². The molecular weight excluding hydrogens is 504 g/mol. The predicted octanol–water partition coefficient (Wildman–Crippen LogP) is 4.60. The van der Waals surface area contributed by atoms with E-state index < -0.39 is 5.79 Å². The first-order chi connectivity index (χ1) is 18.5. The fourth-order valence-electron chi connectivity index (χ4n) is 5.46. The molecule has 0 radical (unpaired) electrons. The van der Waals surface area contributed by atoms with E-state index >= 15 is 0 Å². The number of pyridine rings is 2. The molecule has 0 amide bonds. The summed E-state index contributed by atoms with van der Waals surface area (Å²) in [5.74, 6) is 0.349. The summed E-state index contributed by atoms with van der Waals surface area (Å²) in [4.78, 5) is 9.19. The van der Waals surface area contributed by atoms with Crippen LogP contribution in [-0.2, 0) is 14.2 Å². The SMILES string of the molecule is CC1(CNC2CCC(Nc3cc(-c4ncccc4NCC4CC(C#N)CCO4)c(Cl)cn3)CC2)OCCO1. The summed E-state index contributed by atoms with van der Waals surface area (Å²) < 4.78 is 17.3. The second-order valence-corrected chi connectivity index (χ2v) is 11.0. The van der Waals surface area contributed by atoms with Crippen molar-refractivity contribution in [3.05, 3.63) is 35.6 Å². The minimum Gasteiger partial charge on any atom is -0.381 e. The second-order valence-electron chi connectivity index (χ2n) is 10.6. The van der Waals surface area contributed by atoms with Crippen LogP contribution in [-0.4, -0.2) is 66.9 Å². The number of ether oxygens (including phenoxy) is 3. The smallest absolute Gasteiger partial charge is 0.178 e. The Morgan fingerprint density at radius 1 is 1.11 bits per heavy atom. The van der Waals surface area contributed by atoms with Crippen LogP contribution in [0.4, 0.5) is 11.5 Å². The molecule has 2 saturated heterocycles. The maximum absolute atomic E-state index is 9.27. The Balaban J connectivity index is 1.18. The molecule has 2 unspecified atom stereocenters. The molecule has 2 aliphatic heterocycles. The molecule has 2 aromatic rings. The zero-order valence-electron chi connectivity index (χ0n) is 21.9. The van der Waals surface area contributed by atoms with Gasteiger partial charge in [-0.1, -0.05) is 11.6 Å². The van der Waals surface area contributed by atoms with Crippen LogP contribution in [0.25, 0.3) is 11.3 Å². The minimum atomic E-state index is -0.500. The lowest BCUT2D eigenvalue weighted by Gasteiger charge is -2.32. The standard InChI is InChI=1S/C28H37ClN6O3/c1-28(37-11-12-38-28)18-34-20-4-6-21(7-5-20)35-26-14-23(24(29)17-33-26)27-25(3-2-9-31-27)32-16-22-13-19(15-30)8-10-36-22/h2-3,9,14,17,19-22,32,34H,4-8,10-13,16,18H2,1H3,(H,33,35). The molecule has 38 heavy (non-hydrogen) atoms. The van der Waals surface area contributed by atoms with Gasteiger partial charge in [0.05, 0.1) is 47.7 Å². The van der Waals surface area contributed by atoms with Gasteiger partial charge in [-0.2, -0.15) is 5.26 Å². The van der Waals surface area contributed by atoms with Gasteiger partial charge < -0.3 is 30.2 Å². The summed E-state index contributed by atoms with van der Waals surface area (Å²) >= 11 is 6.60. The Morgan fingerprint density at radius 3 is 2.68 bits per heavy atom. The Labute approximate surface area is 229 Å². The van der Waals surface area contributed by atoms with Gasteiger partial charge in [-0.3, -0.25) is 4.98 Å². The molecule has 3 fully saturated rings. The van der Waals surface area contributed by atoms with Gasteiger partial charge in [-0.25, -0.2) is 4.98 Å². The number of hydrogen-bond acceptors (Lipinski definition) is 9. The molecule has 5 rings (SSSR count). The van der Waals surface area contributed by atoms with Crippen molar-refractivity contribution in [2.24, 2.45) is 5.92 Å². The van der Waals surface area contributed by atoms with E-state index in [1.807, 2.05) is 25.1 Å². The monoisotopic (exact) mass is 540 g/mol. The van der Waals surface area contributed by atoms with Crippen molar-refractivity contribution in [2.75, 3.05) is 43.5 Å². The predicted molar refractivity (Wildman–Crippen MR) is 147 cm³/mol. The average molecular weight is 541 g/mol. The summed E-state index contributed by atoms with van der Waals surface area (Å²) in [5.41, 5.74) is 2.48. The zero-order chi connectivity index (χ0) is 26.4. The third-order valence-corrected chi connectivity index (χ3v) is 7.98. The molecule has 1 aliphatic carbocycles. The molecule has 2 atom stereocenters. The van der Waals surface area contributed by atoms with Gasteiger partial charge in [0.25, 0.3) is 0 Å². The Kier molecular flexibility index (Phi) is 8.97. The summed E-state index contributed by atoms with van der Waals surface area (Å²) in [6.07, 6.45) is 9.26. The second kappa shape index (κ2) is 12.6. The van der Waals surface area contributed by atoms with Crippen LogP contribution in [0.2, 0.25) is 5.02 Å². The highest BCUT2D eigenvalue weighted by atomic mass is 35.5. The first-order valence-electron chi connectivity index (χ1n) is 13.7. The summed E-state index contributed by atoms with van der Waals surface area (Å²) in [7, 11) is 0. The number of nitrogens with one attached hydrogen (secondary N) is 3. The third-order valence-electron chi connectivity index (χ3n) is 7.68. The quantitative estimate of drug-likeness (QED) is 0.419. The molecule has 3 aliphatic rings. The van der Waals surface area contributed by atoms with E-state index in [-0.39, 0.29) is 12.0 Å².